The van der Waals surface area contributed by atoms with Crippen molar-refractivity contribution in [2.45, 2.75) is 19.6 Å². The molecule has 4 rings (SSSR count). The first-order chi connectivity index (χ1) is 18.2. The quantitative estimate of drug-likeness (QED) is 0.256. The molecule has 1 amide bonds. The van der Waals surface area contributed by atoms with E-state index < -0.39 is 17.7 Å². The fraction of sp³-hybridized carbons (Fsp3) is 0.290. The van der Waals surface area contributed by atoms with Crippen molar-refractivity contribution in [2.75, 3.05) is 46.2 Å². The minimum atomic E-state index is -0.678. The van der Waals surface area contributed by atoms with Gasteiger partial charge in [0.25, 0.3) is 11.7 Å². The molecule has 3 aromatic carbocycles. The second-order valence-electron chi connectivity index (χ2n) is 10.1. The third-order valence-corrected chi connectivity index (χ3v) is 6.67. The number of hydrogen-bond acceptors (Lipinski definition) is 6. The van der Waals surface area contributed by atoms with Crippen LogP contribution in [0.5, 0.6) is 5.75 Å². The van der Waals surface area contributed by atoms with Gasteiger partial charge in [-0.05, 0) is 68.5 Å². The second kappa shape index (κ2) is 11.5. The van der Waals surface area contributed by atoms with Gasteiger partial charge in [0.05, 0.1) is 11.6 Å². The SMILES string of the molecule is Cc1cccc(COc2ccc(/C(O)=C3/C(=O)C(=O)N(CCN(C)C)C3c3ccc(N(C)C)cc3)cc2)c1. The van der Waals surface area contributed by atoms with Crippen LogP contribution in [0.15, 0.2) is 78.4 Å². The summed E-state index contributed by atoms with van der Waals surface area (Å²) in [5.74, 6) is -0.830. The number of aryl methyl sites for hydroxylation is 1. The van der Waals surface area contributed by atoms with Gasteiger partial charge in [0.1, 0.15) is 18.1 Å². The number of rotatable bonds is 9. The average molecular weight is 514 g/mol. The number of Topliss-reactive ketones (excluding diaryl/α,β-unsaturated/α-hetero) is 1. The predicted octanol–water partition coefficient (Wildman–Crippen LogP) is 4.62. The molecule has 3 aromatic rings. The normalized spacial score (nSPS) is 16.8. The molecular formula is C31H35N3O4. The molecule has 0 saturated carbocycles. The molecule has 7 heteroatoms. The Morgan fingerprint density at radius 2 is 1.63 bits per heavy atom. The van der Waals surface area contributed by atoms with E-state index in [0.29, 0.717) is 31.0 Å². The summed E-state index contributed by atoms with van der Waals surface area (Å²) in [5.41, 5.74) is 4.55. The summed E-state index contributed by atoms with van der Waals surface area (Å²) in [6.07, 6.45) is 0. The van der Waals surface area contributed by atoms with Crippen LogP contribution in [-0.2, 0) is 16.2 Å². The van der Waals surface area contributed by atoms with Crippen molar-refractivity contribution < 1.29 is 19.4 Å². The molecule has 1 heterocycles. The molecule has 1 aliphatic heterocycles. The van der Waals surface area contributed by atoms with Gasteiger partial charge in [-0.2, -0.15) is 0 Å². The van der Waals surface area contributed by atoms with E-state index in [9.17, 15) is 14.7 Å². The molecule has 38 heavy (non-hydrogen) atoms. The molecule has 0 aromatic heterocycles. The number of carbonyl (C=O) groups excluding carboxylic acids is 2. The standard InChI is InChI=1S/C31H35N3O4/c1-21-7-6-8-22(19-21)20-38-26-15-11-24(12-16-26)29(35)27-28(23-9-13-25(14-10-23)33(4)5)34(18-17-32(2)3)31(37)30(27)36/h6-16,19,28,35H,17-18,20H2,1-5H3/b29-27-. The zero-order chi connectivity index (χ0) is 27.4. The number of ketones is 1. The van der Waals surface area contributed by atoms with Crippen LogP contribution in [0.25, 0.3) is 5.76 Å². The first kappa shape index (κ1) is 26.9. The number of aliphatic hydroxyl groups is 1. The van der Waals surface area contributed by atoms with Crippen molar-refractivity contribution in [3.8, 4) is 5.75 Å². The van der Waals surface area contributed by atoms with Crippen LogP contribution in [-0.4, -0.2) is 67.9 Å². The number of anilines is 1. The summed E-state index contributed by atoms with van der Waals surface area (Å²) < 4.78 is 5.90. The number of amides is 1. The summed E-state index contributed by atoms with van der Waals surface area (Å²) in [5, 5.41) is 11.3. The lowest BCUT2D eigenvalue weighted by molar-refractivity contribution is -0.140. The van der Waals surface area contributed by atoms with Crippen molar-refractivity contribution in [3.05, 3.63) is 101 Å². The van der Waals surface area contributed by atoms with Crippen molar-refractivity contribution in [1.29, 1.82) is 0 Å². The van der Waals surface area contributed by atoms with Gasteiger partial charge in [0.15, 0.2) is 0 Å². The van der Waals surface area contributed by atoms with Gasteiger partial charge in [-0.25, -0.2) is 0 Å². The highest BCUT2D eigenvalue weighted by Gasteiger charge is 2.45. The van der Waals surface area contributed by atoms with E-state index in [1.165, 1.54) is 5.56 Å². The number of aliphatic hydroxyl groups excluding tert-OH is 1. The van der Waals surface area contributed by atoms with Crippen LogP contribution >= 0.6 is 0 Å². The molecule has 1 fully saturated rings. The Kier molecular flexibility index (Phi) is 8.17. The van der Waals surface area contributed by atoms with Gasteiger partial charge >= 0.3 is 0 Å². The lowest BCUT2D eigenvalue weighted by atomic mass is 9.95. The summed E-state index contributed by atoms with van der Waals surface area (Å²) in [6.45, 7) is 3.41. The van der Waals surface area contributed by atoms with Gasteiger partial charge < -0.3 is 24.5 Å². The number of hydrogen-bond donors (Lipinski definition) is 1. The van der Waals surface area contributed by atoms with Crippen molar-refractivity contribution in [3.63, 3.8) is 0 Å². The van der Waals surface area contributed by atoms with Gasteiger partial charge in [-0.1, -0.05) is 42.0 Å². The molecule has 1 aliphatic rings. The molecule has 0 spiro atoms. The van der Waals surface area contributed by atoms with Gasteiger partial charge in [0.2, 0.25) is 0 Å². The van der Waals surface area contributed by atoms with Gasteiger partial charge in [-0.15, -0.1) is 0 Å². The fourth-order valence-electron chi connectivity index (χ4n) is 4.55. The Balaban J connectivity index is 1.65. The van der Waals surface area contributed by atoms with Crippen molar-refractivity contribution in [1.82, 2.24) is 9.80 Å². The van der Waals surface area contributed by atoms with Crippen LogP contribution in [0.3, 0.4) is 0 Å². The third kappa shape index (κ3) is 5.89. The Labute approximate surface area is 224 Å². The topological polar surface area (TPSA) is 73.3 Å². The van der Waals surface area contributed by atoms with E-state index in [1.807, 2.05) is 87.4 Å². The molecule has 0 aliphatic carbocycles. The second-order valence-corrected chi connectivity index (χ2v) is 10.1. The molecule has 7 nitrogen and oxygen atoms in total. The van der Waals surface area contributed by atoms with E-state index >= 15 is 0 Å². The third-order valence-electron chi connectivity index (χ3n) is 6.67. The monoisotopic (exact) mass is 513 g/mol. The maximum atomic E-state index is 13.2. The Bertz CT molecular complexity index is 1330. The van der Waals surface area contributed by atoms with Crippen LogP contribution in [0.2, 0.25) is 0 Å². The molecule has 198 valence electrons. The molecule has 0 radical (unpaired) electrons. The van der Waals surface area contributed by atoms with E-state index in [2.05, 4.69) is 6.07 Å². The number of benzene rings is 3. The minimum Gasteiger partial charge on any atom is -0.507 e. The number of carbonyl (C=O) groups is 2. The molecule has 1 unspecified atom stereocenters. The summed E-state index contributed by atoms with van der Waals surface area (Å²) >= 11 is 0. The first-order valence-electron chi connectivity index (χ1n) is 12.6. The fourth-order valence-corrected chi connectivity index (χ4v) is 4.55. The molecule has 1 saturated heterocycles. The zero-order valence-electron chi connectivity index (χ0n) is 22.6. The predicted molar refractivity (Wildman–Crippen MR) is 150 cm³/mol. The molecular weight excluding hydrogens is 478 g/mol. The van der Waals surface area contributed by atoms with Crippen LogP contribution in [0.1, 0.15) is 28.3 Å². The van der Waals surface area contributed by atoms with Crippen LogP contribution in [0, 0.1) is 6.92 Å². The van der Waals surface area contributed by atoms with E-state index in [0.717, 1.165) is 16.8 Å². The summed E-state index contributed by atoms with van der Waals surface area (Å²) in [6, 6.07) is 22.1. The zero-order valence-corrected chi connectivity index (χ0v) is 22.6. The number of nitrogens with zero attached hydrogens (tertiary/aromatic N) is 3. The van der Waals surface area contributed by atoms with E-state index in [4.69, 9.17) is 4.74 Å². The van der Waals surface area contributed by atoms with Crippen molar-refractivity contribution in [2.24, 2.45) is 0 Å². The Morgan fingerprint density at radius 1 is 0.947 bits per heavy atom. The Hall–Kier alpha value is -4.10. The van der Waals surface area contributed by atoms with Crippen LogP contribution < -0.4 is 9.64 Å². The molecule has 0 bridgehead atoms. The lowest BCUT2D eigenvalue weighted by Gasteiger charge is -2.27. The average Bonchev–Trinajstić information content (AvgIpc) is 3.15. The highest BCUT2D eigenvalue weighted by molar-refractivity contribution is 6.46. The largest absolute Gasteiger partial charge is 0.507 e. The first-order valence-corrected chi connectivity index (χ1v) is 12.6. The van der Waals surface area contributed by atoms with Gasteiger partial charge in [0, 0.05) is 38.4 Å². The smallest absolute Gasteiger partial charge is 0.295 e. The molecule has 1 atom stereocenters. The maximum absolute atomic E-state index is 13.2. The highest BCUT2D eigenvalue weighted by Crippen LogP contribution is 2.39. The summed E-state index contributed by atoms with van der Waals surface area (Å²) in [4.78, 5) is 31.8. The van der Waals surface area contributed by atoms with Crippen molar-refractivity contribution >= 4 is 23.1 Å². The number of likely N-dealkylation sites (N-methyl/N-ethyl adjacent to an activating group) is 1. The minimum absolute atomic E-state index is 0.0970. The summed E-state index contributed by atoms with van der Waals surface area (Å²) in [7, 11) is 7.74. The van der Waals surface area contributed by atoms with Gasteiger partial charge in [-0.3, -0.25) is 9.59 Å². The maximum Gasteiger partial charge on any atom is 0.295 e. The highest BCUT2D eigenvalue weighted by atomic mass is 16.5. The number of ether oxygens (including phenoxy) is 1. The van der Waals surface area contributed by atoms with E-state index in [1.54, 1.807) is 29.2 Å². The Morgan fingerprint density at radius 3 is 2.24 bits per heavy atom. The lowest BCUT2D eigenvalue weighted by Crippen LogP contribution is -2.35. The number of likely N-dealkylation sites (tertiary alicyclic amines) is 1. The van der Waals surface area contributed by atoms with E-state index in [-0.39, 0.29) is 11.3 Å². The van der Waals surface area contributed by atoms with Crippen LogP contribution in [0.4, 0.5) is 5.69 Å². The molecule has 1 N–H and O–H groups in total.